The van der Waals surface area contributed by atoms with Gasteiger partial charge in [0.2, 0.25) is 0 Å². The van der Waals surface area contributed by atoms with E-state index in [-0.39, 0.29) is 0 Å². The Labute approximate surface area is 124 Å². The molecule has 108 valence electrons. The van der Waals surface area contributed by atoms with E-state index in [0.717, 1.165) is 18.0 Å². The summed E-state index contributed by atoms with van der Waals surface area (Å²) in [5.74, 6) is 2.40. The zero-order valence-corrected chi connectivity index (χ0v) is 11.9. The predicted octanol–water partition coefficient (Wildman–Crippen LogP) is 3.10. The Hall–Kier alpha value is -2.00. The van der Waals surface area contributed by atoms with Crippen LogP contribution in [0.3, 0.4) is 0 Å². The van der Waals surface area contributed by atoms with Crippen LogP contribution in [-0.4, -0.2) is 19.3 Å². The van der Waals surface area contributed by atoms with E-state index in [0.29, 0.717) is 25.2 Å². The predicted molar refractivity (Wildman–Crippen MR) is 81.9 cm³/mol. The lowest BCUT2D eigenvalue weighted by Gasteiger charge is -2.19. The molecular weight excluding hydrogens is 262 g/mol. The third kappa shape index (κ3) is 2.74. The van der Waals surface area contributed by atoms with Gasteiger partial charge in [-0.15, -0.1) is 0 Å². The van der Waals surface area contributed by atoms with Crippen molar-refractivity contribution in [3.63, 3.8) is 0 Å². The van der Waals surface area contributed by atoms with Crippen molar-refractivity contribution >= 4 is 0 Å². The summed E-state index contributed by atoms with van der Waals surface area (Å²) >= 11 is 0. The molecule has 1 aliphatic carbocycles. The molecule has 0 bridgehead atoms. The van der Waals surface area contributed by atoms with Gasteiger partial charge in [-0.1, -0.05) is 36.4 Å². The molecule has 1 N–H and O–H groups in total. The fourth-order valence-electron chi connectivity index (χ4n) is 2.94. The lowest BCUT2D eigenvalue weighted by molar-refractivity contribution is 0.171. The van der Waals surface area contributed by atoms with E-state index >= 15 is 0 Å². The van der Waals surface area contributed by atoms with Crippen molar-refractivity contribution in [2.24, 2.45) is 0 Å². The molecule has 3 heteroatoms. The summed E-state index contributed by atoms with van der Waals surface area (Å²) in [4.78, 5) is 0. The van der Waals surface area contributed by atoms with Crippen LogP contribution in [0, 0.1) is 0 Å². The molecule has 1 heterocycles. The highest BCUT2D eigenvalue weighted by atomic mass is 16.6. The summed E-state index contributed by atoms with van der Waals surface area (Å²) in [6.07, 6.45) is 1.23. The highest BCUT2D eigenvalue weighted by Crippen LogP contribution is 2.41. The highest BCUT2D eigenvalue weighted by molar-refractivity contribution is 5.43. The number of ether oxygens (including phenoxy) is 2. The van der Waals surface area contributed by atoms with Crippen LogP contribution in [0.5, 0.6) is 11.5 Å². The maximum atomic E-state index is 5.62. The molecule has 0 saturated heterocycles. The van der Waals surface area contributed by atoms with Crippen LogP contribution in [0.15, 0.2) is 48.5 Å². The fraction of sp³-hybridized carbons (Fsp3) is 0.333. The first kappa shape index (κ1) is 12.7. The van der Waals surface area contributed by atoms with E-state index < -0.39 is 0 Å². The Morgan fingerprint density at radius 2 is 1.76 bits per heavy atom. The minimum Gasteiger partial charge on any atom is -0.486 e. The van der Waals surface area contributed by atoms with Crippen LogP contribution in [0.2, 0.25) is 0 Å². The van der Waals surface area contributed by atoms with Gasteiger partial charge >= 0.3 is 0 Å². The van der Waals surface area contributed by atoms with Gasteiger partial charge in [0.1, 0.15) is 13.2 Å². The highest BCUT2D eigenvalue weighted by Gasteiger charge is 2.37. The van der Waals surface area contributed by atoms with E-state index in [1.54, 1.807) is 0 Å². The number of benzene rings is 2. The summed E-state index contributed by atoms with van der Waals surface area (Å²) in [6, 6.07) is 17.5. The van der Waals surface area contributed by atoms with Crippen LogP contribution in [-0.2, 0) is 6.54 Å². The average molecular weight is 281 g/mol. The molecule has 2 aromatic carbocycles. The zero-order chi connectivity index (χ0) is 14.1. The topological polar surface area (TPSA) is 30.5 Å². The smallest absolute Gasteiger partial charge is 0.161 e. The summed E-state index contributed by atoms with van der Waals surface area (Å²) < 4.78 is 11.2. The standard InChI is InChI=1S/C18H19NO2/c1-2-4-14(5-3-1)15-11-16(15)19-12-13-6-7-17-18(10-13)21-9-8-20-17/h1-7,10,15-16,19H,8-9,11-12H2/t15-,16+/m1/s1. The molecule has 1 saturated carbocycles. The van der Waals surface area contributed by atoms with Crippen molar-refractivity contribution in [2.75, 3.05) is 13.2 Å². The van der Waals surface area contributed by atoms with E-state index in [1.807, 2.05) is 6.07 Å². The Balaban J connectivity index is 1.36. The Morgan fingerprint density at radius 1 is 0.952 bits per heavy atom. The van der Waals surface area contributed by atoms with Gasteiger partial charge in [0.05, 0.1) is 0 Å². The second-order valence-corrected chi connectivity index (χ2v) is 5.72. The molecule has 2 aliphatic rings. The van der Waals surface area contributed by atoms with Crippen molar-refractivity contribution in [2.45, 2.75) is 24.9 Å². The Kier molecular flexibility index (Phi) is 3.28. The molecule has 21 heavy (non-hydrogen) atoms. The number of nitrogens with one attached hydrogen (secondary N) is 1. The van der Waals surface area contributed by atoms with Gasteiger partial charge in [0, 0.05) is 18.5 Å². The van der Waals surface area contributed by atoms with E-state index in [1.165, 1.54) is 17.5 Å². The van der Waals surface area contributed by atoms with Crippen LogP contribution in [0.1, 0.15) is 23.5 Å². The third-order valence-electron chi connectivity index (χ3n) is 4.19. The van der Waals surface area contributed by atoms with Crippen LogP contribution in [0.4, 0.5) is 0 Å². The molecule has 0 unspecified atom stereocenters. The number of hydrogen-bond acceptors (Lipinski definition) is 3. The quantitative estimate of drug-likeness (QED) is 0.934. The van der Waals surface area contributed by atoms with E-state index in [4.69, 9.17) is 9.47 Å². The Morgan fingerprint density at radius 3 is 2.62 bits per heavy atom. The number of rotatable bonds is 4. The van der Waals surface area contributed by atoms with Crippen LogP contribution in [0.25, 0.3) is 0 Å². The van der Waals surface area contributed by atoms with Gasteiger partial charge in [0.15, 0.2) is 11.5 Å². The zero-order valence-electron chi connectivity index (χ0n) is 11.9. The number of hydrogen-bond donors (Lipinski definition) is 1. The van der Waals surface area contributed by atoms with Crippen molar-refractivity contribution in [3.05, 3.63) is 59.7 Å². The molecule has 1 aliphatic heterocycles. The Bertz CT molecular complexity index is 626. The molecule has 0 aromatic heterocycles. The summed E-state index contributed by atoms with van der Waals surface area (Å²) in [5, 5.41) is 3.63. The molecule has 4 rings (SSSR count). The monoisotopic (exact) mass is 281 g/mol. The van der Waals surface area contributed by atoms with Crippen molar-refractivity contribution in [1.29, 1.82) is 0 Å². The maximum absolute atomic E-state index is 5.62. The first-order chi connectivity index (χ1) is 10.4. The molecule has 1 fully saturated rings. The maximum Gasteiger partial charge on any atom is 0.161 e. The molecule has 0 amide bonds. The van der Waals surface area contributed by atoms with Gasteiger partial charge in [-0.25, -0.2) is 0 Å². The summed E-state index contributed by atoms with van der Waals surface area (Å²) in [6.45, 7) is 2.17. The summed E-state index contributed by atoms with van der Waals surface area (Å²) in [5.41, 5.74) is 2.69. The second kappa shape index (κ2) is 5.41. The lowest BCUT2D eigenvalue weighted by Crippen LogP contribution is -2.18. The van der Waals surface area contributed by atoms with Gasteiger partial charge in [0.25, 0.3) is 0 Å². The van der Waals surface area contributed by atoms with Crippen LogP contribution < -0.4 is 14.8 Å². The number of fused-ring (bicyclic) bond motifs is 1. The minimum atomic E-state index is 0.598. The SMILES string of the molecule is c1ccc([C@H]2C[C@@H]2NCc2ccc3c(c2)OCCO3)cc1. The van der Waals surface area contributed by atoms with Crippen LogP contribution >= 0.6 is 0 Å². The molecule has 2 atom stereocenters. The minimum absolute atomic E-state index is 0.598. The van der Waals surface area contributed by atoms with Gasteiger partial charge < -0.3 is 14.8 Å². The normalized spacial score (nSPS) is 22.9. The van der Waals surface area contributed by atoms with E-state index in [9.17, 15) is 0 Å². The first-order valence-electron chi connectivity index (χ1n) is 7.57. The van der Waals surface area contributed by atoms with Crippen molar-refractivity contribution in [1.82, 2.24) is 5.32 Å². The largest absolute Gasteiger partial charge is 0.486 e. The fourth-order valence-corrected chi connectivity index (χ4v) is 2.94. The van der Waals surface area contributed by atoms with Gasteiger partial charge in [-0.2, -0.15) is 0 Å². The van der Waals surface area contributed by atoms with Gasteiger partial charge in [-0.05, 0) is 29.7 Å². The summed E-state index contributed by atoms with van der Waals surface area (Å²) in [7, 11) is 0. The average Bonchev–Trinajstić information content (AvgIpc) is 3.33. The molecule has 0 radical (unpaired) electrons. The first-order valence-corrected chi connectivity index (χ1v) is 7.57. The molecule has 3 nitrogen and oxygen atoms in total. The second-order valence-electron chi connectivity index (χ2n) is 5.72. The lowest BCUT2D eigenvalue weighted by atomic mass is 10.1. The third-order valence-corrected chi connectivity index (χ3v) is 4.19. The van der Waals surface area contributed by atoms with Gasteiger partial charge in [-0.3, -0.25) is 0 Å². The molecule has 0 spiro atoms. The molecule has 2 aromatic rings. The van der Waals surface area contributed by atoms with Crippen molar-refractivity contribution < 1.29 is 9.47 Å². The van der Waals surface area contributed by atoms with E-state index in [2.05, 4.69) is 47.8 Å². The van der Waals surface area contributed by atoms with Crippen molar-refractivity contribution in [3.8, 4) is 11.5 Å². The molecular formula is C18H19NO2.